The van der Waals surface area contributed by atoms with Crippen molar-refractivity contribution in [3.63, 3.8) is 0 Å². The summed E-state index contributed by atoms with van der Waals surface area (Å²) < 4.78 is 76.3. The van der Waals surface area contributed by atoms with Crippen molar-refractivity contribution in [3.05, 3.63) is 94.8 Å². The summed E-state index contributed by atoms with van der Waals surface area (Å²) in [6.45, 7) is 7.52. The summed E-state index contributed by atoms with van der Waals surface area (Å²) in [5.41, 5.74) is 7.30. The van der Waals surface area contributed by atoms with E-state index in [0.29, 0.717) is 45.0 Å². The number of rotatable bonds is 20. The predicted octanol–water partition coefficient (Wildman–Crippen LogP) is 0.707. The summed E-state index contributed by atoms with van der Waals surface area (Å²) in [5, 5.41) is 61.2. The van der Waals surface area contributed by atoms with Gasteiger partial charge >= 0.3 is 431 Å². The second kappa shape index (κ2) is 26.8. The van der Waals surface area contributed by atoms with E-state index >= 15 is 0 Å². The molecule has 360 valence electrons. The predicted molar refractivity (Wildman–Crippen MR) is 252 cm³/mol. The van der Waals surface area contributed by atoms with Crippen molar-refractivity contribution in [2.24, 2.45) is 0 Å². The van der Waals surface area contributed by atoms with Gasteiger partial charge in [0.15, 0.2) is 0 Å². The van der Waals surface area contributed by atoms with Gasteiger partial charge in [-0.15, -0.1) is 0 Å². The first-order valence-electron chi connectivity index (χ1n) is 20.3. The molecule has 0 aliphatic heterocycles. The fourth-order valence-electron chi connectivity index (χ4n) is 6.07. The minimum Gasteiger partial charge on any atom is 2.00 e. The number of halogens is 2. The number of carbonyl (C=O) groups excluding carboxylic acids is 2. The second-order valence-corrected chi connectivity index (χ2v) is 38.7. The molecule has 0 saturated carbocycles. The molecule has 4 rings (SSSR count). The Morgan fingerprint density at radius 1 is 0.612 bits per heavy atom. The topological polar surface area (TPSA) is 281 Å². The molecule has 4 aromatic rings. The van der Waals surface area contributed by atoms with Crippen molar-refractivity contribution in [1.82, 2.24) is 19.9 Å². The van der Waals surface area contributed by atoms with Crippen LogP contribution in [0.1, 0.15) is 87.7 Å². The van der Waals surface area contributed by atoms with Crippen molar-refractivity contribution in [2.75, 3.05) is 12.5 Å². The Morgan fingerprint density at radius 3 is 1.16 bits per heavy atom. The molecule has 2 aromatic heterocycles. The van der Waals surface area contributed by atoms with Crippen LogP contribution in [0.2, 0.25) is 11.4 Å². The average Bonchev–Trinajstić information content (AvgIpc) is 3.20. The Kier molecular flexibility index (Phi) is 24.1. The molecule has 0 fully saturated rings. The van der Waals surface area contributed by atoms with Gasteiger partial charge in [0.2, 0.25) is 0 Å². The van der Waals surface area contributed by atoms with Crippen LogP contribution in [0.25, 0.3) is 34.7 Å². The van der Waals surface area contributed by atoms with E-state index in [-0.39, 0.29) is 71.6 Å². The van der Waals surface area contributed by atoms with Crippen LogP contribution in [0, 0.1) is 11.6 Å². The molecule has 2 heterocycles. The van der Waals surface area contributed by atoms with E-state index in [9.17, 15) is 65.8 Å². The molecule has 6 atom stereocenters. The molecule has 0 bridgehead atoms. The van der Waals surface area contributed by atoms with Gasteiger partial charge in [0.1, 0.15) is 0 Å². The minimum absolute atomic E-state index is 0. The van der Waals surface area contributed by atoms with E-state index in [4.69, 9.17) is 0 Å². The van der Waals surface area contributed by atoms with E-state index in [2.05, 4.69) is 19.9 Å². The Bertz CT molecular complexity index is 2430. The van der Waals surface area contributed by atoms with Gasteiger partial charge in [-0.1, -0.05) is 0 Å². The van der Waals surface area contributed by atoms with Gasteiger partial charge in [-0.25, -0.2) is 0 Å². The number of aromatic nitrogens is 4. The van der Waals surface area contributed by atoms with Gasteiger partial charge in [-0.2, -0.15) is 0 Å². The molecule has 0 aliphatic carbocycles. The van der Waals surface area contributed by atoms with Crippen LogP contribution in [-0.4, -0.2) is 171 Å². The summed E-state index contributed by atoms with van der Waals surface area (Å²) in [7, 11) is -6.69. The third kappa shape index (κ3) is 19.0. The fourth-order valence-corrected chi connectivity index (χ4v) is 13.3. The Morgan fingerprint density at radius 2 is 0.910 bits per heavy atom. The van der Waals surface area contributed by atoms with Crippen LogP contribution in [0.5, 0.6) is 0 Å². The first-order chi connectivity index (χ1) is 30.6. The zero-order valence-corrected chi connectivity index (χ0v) is 45.8. The number of carboxylic acid groups (broad SMARTS) is 2. The van der Waals surface area contributed by atoms with E-state index in [1.165, 1.54) is 60.7 Å². The zero-order valence-electron chi connectivity index (χ0n) is 38.2. The smallest absolute Gasteiger partial charge is 2.00 e. The van der Waals surface area contributed by atoms with Crippen molar-refractivity contribution in [3.8, 4) is 22.5 Å². The number of hydrogen-bond donors (Lipinski definition) is 4. The SMILES string of the molecule is CC(C)c1nc([As](C)S(C)(=O)=O)nc(-c2ccc(F)cc2)c1/C=C/[C@@H](O)C[C@@H](O)CC(=O)[O-].CC(C)c1nc([As](C)S(C)(=O)=O)nc(-c2ccc(F)cc2)c1/C=C/[C@@H](O)C[C@@H](O)CC(=O)[O-].[Ca+2]. The van der Waals surface area contributed by atoms with Crippen LogP contribution in [0.15, 0.2) is 60.7 Å². The molecule has 2 unspecified atom stereocenters. The molecular formula is C44H54As2CaF2N4O12S2. The standard InChI is InChI=1S/2C22H28AsFN2O6S.Ca/c2*1-13(2)20-18(10-9-16(27)11-17(28)12-19(29)30)21(14-5-7-15(24)8-6-14)26-22(25-20)23(3)33(4,31)32;/h2*5-10,13,16-17,27-28H,11-12H2,1-4H3,(H,29,30);/q;;+2/p-2/b2*10-9+;/t2*16-,17-,23?;/m11./s1. The van der Waals surface area contributed by atoms with Gasteiger partial charge in [-0.3, -0.25) is 0 Å². The van der Waals surface area contributed by atoms with Crippen LogP contribution in [0.4, 0.5) is 8.78 Å². The van der Waals surface area contributed by atoms with Gasteiger partial charge in [0.25, 0.3) is 0 Å². The van der Waals surface area contributed by atoms with Crippen LogP contribution in [-0.2, 0) is 25.8 Å². The number of aliphatic carboxylic acids is 2. The van der Waals surface area contributed by atoms with Crippen molar-refractivity contribution >= 4 is 114 Å². The van der Waals surface area contributed by atoms with E-state index in [1.807, 2.05) is 27.7 Å². The van der Waals surface area contributed by atoms with Crippen LogP contribution in [0.3, 0.4) is 0 Å². The van der Waals surface area contributed by atoms with Gasteiger partial charge in [0.05, 0.1) is 0 Å². The number of carboxylic acids is 2. The summed E-state index contributed by atoms with van der Waals surface area (Å²) in [6, 6.07) is 11.2. The molecule has 67 heavy (non-hydrogen) atoms. The summed E-state index contributed by atoms with van der Waals surface area (Å²) in [5.74, 6) is -3.99. The fraction of sp³-hybridized carbons (Fsp3) is 0.409. The van der Waals surface area contributed by atoms with Crippen molar-refractivity contribution < 1.29 is 65.8 Å². The maximum atomic E-state index is 13.5. The van der Waals surface area contributed by atoms with Gasteiger partial charge in [-0.05, 0) is 0 Å². The van der Waals surface area contributed by atoms with Crippen LogP contribution < -0.4 is 19.4 Å². The molecule has 0 saturated heterocycles. The molecule has 0 amide bonds. The van der Waals surface area contributed by atoms with Crippen LogP contribution >= 0.6 is 0 Å². The quantitative estimate of drug-likeness (QED) is 0.0887. The molecule has 4 N–H and O–H groups in total. The third-order valence-corrected chi connectivity index (χ3v) is 29.0. The first kappa shape index (κ1) is 60.1. The average molecular weight is 1120 g/mol. The summed E-state index contributed by atoms with van der Waals surface area (Å²) in [4.78, 5) is 39.4. The number of benzene rings is 2. The van der Waals surface area contributed by atoms with Gasteiger partial charge < -0.3 is 0 Å². The molecule has 0 aliphatic rings. The van der Waals surface area contributed by atoms with Crippen molar-refractivity contribution in [2.45, 2.75) is 101 Å². The number of nitrogens with zero attached hydrogens (tertiary/aromatic N) is 4. The number of aliphatic hydroxyl groups excluding tert-OH is 4. The van der Waals surface area contributed by atoms with E-state index in [0.717, 1.165) is 12.5 Å². The van der Waals surface area contributed by atoms with E-state index in [1.54, 1.807) is 23.6 Å². The molecule has 2 aromatic carbocycles. The summed E-state index contributed by atoms with van der Waals surface area (Å²) >= 11 is -5.29. The Labute approximate surface area is 427 Å². The molecule has 0 radical (unpaired) electrons. The third-order valence-electron chi connectivity index (χ3n) is 9.62. The molecule has 23 heteroatoms. The zero-order chi connectivity index (χ0) is 49.8. The maximum absolute atomic E-state index is 13.5. The van der Waals surface area contributed by atoms with E-state index < -0.39 is 104 Å². The second-order valence-electron chi connectivity index (χ2n) is 15.9. The number of hydrogen-bond acceptors (Lipinski definition) is 16. The normalized spacial score (nSPS) is 14.8. The number of carbonyl (C=O) groups is 2. The molecule has 16 nitrogen and oxygen atoms in total. The minimum atomic E-state index is -3.34. The molecular weight excluding hydrogens is 1070 g/mol. The summed E-state index contributed by atoms with van der Waals surface area (Å²) in [6.07, 6.45) is 1.67. The first-order valence-corrected chi connectivity index (χ1v) is 34.2. The molecule has 0 spiro atoms. The monoisotopic (exact) mass is 1120 g/mol. The Hall–Kier alpha value is -3.00. The Balaban J connectivity index is 0.000000453. The van der Waals surface area contributed by atoms with Crippen molar-refractivity contribution in [1.29, 1.82) is 0 Å². The van der Waals surface area contributed by atoms with Gasteiger partial charge in [0, 0.05) is 0 Å². The number of aliphatic hydroxyl groups is 4.